The summed E-state index contributed by atoms with van der Waals surface area (Å²) >= 11 is 0. The van der Waals surface area contributed by atoms with Gasteiger partial charge in [0.2, 0.25) is 0 Å². The Morgan fingerprint density at radius 2 is 1.80 bits per heavy atom. The first-order valence-corrected chi connectivity index (χ1v) is 13.0. The van der Waals surface area contributed by atoms with Gasteiger partial charge in [-0.25, -0.2) is 9.37 Å². The zero-order valence-electron chi connectivity index (χ0n) is 22.9. The lowest BCUT2D eigenvalue weighted by Gasteiger charge is -2.27. The number of hydrogen-bond acceptors (Lipinski definition) is 6. The fraction of sp³-hybridized carbons (Fsp3) is 0.258. The average molecular weight is 543 g/mol. The van der Waals surface area contributed by atoms with E-state index in [-0.39, 0.29) is 17.4 Å². The van der Waals surface area contributed by atoms with E-state index in [1.54, 1.807) is 26.3 Å². The molecule has 0 atom stereocenters. The lowest BCUT2D eigenvalue weighted by molar-refractivity contribution is -0.00595. The van der Waals surface area contributed by atoms with Crippen molar-refractivity contribution in [2.45, 2.75) is 26.4 Å². The number of aryl methyl sites for hydroxylation is 1. The number of hydrogen-bond donors (Lipinski definition) is 2. The summed E-state index contributed by atoms with van der Waals surface area (Å²) in [4.78, 5) is 29.2. The van der Waals surface area contributed by atoms with E-state index in [0.29, 0.717) is 42.3 Å². The number of nitrogens with zero attached hydrogens (tertiary/aromatic N) is 2. The zero-order valence-corrected chi connectivity index (χ0v) is 22.9. The largest absolute Gasteiger partial charge is 0.496 e. The van der Waals surface area contributed by atoms with E-state index in [4.69, 9.17) is 9.47 Å². The smallest absolute Gasteiger partial charge is 0.265 e. The summed E-state index contributed by atoms with van der Waals surface area (Å²) in [5, 5.41) is 6.15. The predicted octanol–water partition coefficient (Wildman–Crippen LogP) is 4.62. The van der Waals surface area contributed by atoms with E-state index in [1.165, 1.54) is 17.1 Å². The van der Waals surface area contributed by atoms with E-state index >= 15 is 4.39 Å². The minimum Gasteiger partial charge on any atom is -0.496 e. The van der Waals surface area contributed by atoms with E-state index < -0.39 is 11.5 Å². The van der Waals surface area contributed by atoms with Crippen LogP contribution in [0.3, 0.4) is 0 Å². The van der Waals surface area contributed by atoms with E-state index in [1.807, 2.05) is 50.2 Å². The normalized spacial score (nSPS) is 13.1. The molecule has 1 aromatic heterocycles. The molecule has 0 saturated carbocycles. The highest BCUT2D eigenvalue weighted by Gasteiger charge is 2.21. The van der Waals surface area contributed by atoms with Crippen LogP contribution in [0.15, 0.2) is 65.8 Å². The monoisotopic (exact) mass is 542 g/mol. The van der Waals surface area contributed by atoms with Crippen molar-refractivity contribution in [1.29, 1.82) is 0 Å². The van der Waals surface area contributed by atoms with Crippen molar-refractivity contribution in [3.63, 3.8) is 0 Å². The number of methoxy groups -OCH3 is 1. The maximum absolute atomic E-state index is 15.3. The SMILES string of the molecule is COc1cc(-c2cccc(-c3cccc(NC(=O)c4cncn(C)c4=O)c3C)c2C)cc(F)c1CNC1COC1. The summed E-state index contributed by atoms with van der Waals surface area (Å²) in [5.74, 6) is -0.384. The van der Waals surface area contributed by atoms with Crippen molar-refractivity contribution >= 4 is 11.6 Å². The van der Waals surface area contributed by atoms with Crippen LogP contribution in [0.2, 0.25) is 0 Å². The molecule has 1 amide bonds. The van der Waals surface area contributed by atoms with Crippen molar-refractivity contribution in [2.24, 2.45) is 7.05 Å². The molecule has 1 aliphatic rings. The summed E-state index contributed by atoms with van der Waals surface area (Å²) < 4.78 is 27.3. The molecule has 4 aromatic rings. The number of nitrogens with one attached hydrogen (secondary N) is 2. The van der Waals surface area contributed by atoms with Gasteiger partial charge < -0.3 is 24.7 Å². The van der Waals surface area contributed by atoms with Crippen LogP contribution in [-0.4, -0.2) is 41.8 Å². The first-order valence-electron chi connectivity index (χ1n) is 13.0. The molecule has 1 saturated heterocycles. The van der Waals surface area contributed by atoms with Gasteiger partial charge in [-0.15, -0.1) is 0 Å². The minimum absolute atomic E-state index is 0.0383. The van der Waals surface area contributed by atoms with Gasteiger partial charge in [0.1, 0.15) is 17.1 Å². The molecule has 2 heterocycles. The zero-order chi connectivity index (χ0) is 28.4. The first-order chi connectivity index (χ1) is 19.3. The molecule has 0 spiro atoms. The number of amides is 1. The topological polar surface area (TPSA) is 94.5 Å². The highest BCUT2D eigenvalue weighted by atomic mass is 19.1. The fourth-order valence-electron chi connectivity index (χ4n) is 4.87. The molecule has 1 aliphatic heterocycles. The number of carbonyl (C=O) groups excluding carboxylic acids is 1. The highest BCUT2D eigenvalue weighted by molar-refractivity contribution is 6.04. The Balaban J connectivity index is 1.47. The van der Waals surface area contributed by atoms with E-state index in [9.17, 15) is 9.59 Å². The Kier molecular flexibility index (Phi) is 7.77. The molecule has 5 rings (SSSR count). The lowest BCUT2D eigenvalue weighted by Crippen LogP contribution is -2.45. The van der Waals surface area contributed by atoms with Crippen molar-refractivity contribution in [3.8, 4) is 28.0 Å². The Labute approximate surface area is 231 Å². The van der Waals surface area contributed by atoms with Crippen LogP contribution >= 0.6 is 0 Å². The quantitative estimate of drug-likeness (QED) is 0.338. The van der Waals surface area contributed by atoms with Crippen LogP contribution in [0.5, 0.6) is 5.75 Å². The fourth-order valence-corrected chi connectivity index (χ4v) is 4.87. The Morgan fingerprint density at radius 1 is 1.10 bits per heavy atom. The predicted molar refractivity (Wildman–Crippen MR) is 152 cm³/mol. The highest BCUT2D eigenvalue weighted by Crippen LogP contribution is 2.37. The summed E-state index contributed by atoms with van der Waals surface area (Å²) in [7, 11) is 3.09. The Hall–Kier alpha value is -4.34. The molecular formula is C31H31FN4O4. The number of anilines is 1. The molecule has 0 unspecified atom stereocenters. The van der Waals surface area contributed by atoms with Gasteiger partial charge >= 0.3 is 0 Å². The van der Waals surface area contributed by atoms with Gasteiger partial charge in [-0.2, -0.15) is 0 Å². The van der Waals surface area contributed by atoms with Crippen LogP contribution in [0, 0.1) is 19.7 Å². The summed E-state index contributed by atoms with van der Waals surface area (Å²) in [6.07, 6.45) is 2.62. The number of rotatable bonds is 8. The second-order valence-electron chi connectivity index (χ2n) is 9.89. The Bertz CT molecular complexity index is 1650. The molecule has 8 nitrogen and oxygen atoms in total. The van der Waals surface area contributed by atoms with Crippen molar-refractivity contribution < 1.29 is 18.7 Å². The van der Waals surface area contributed by atoms with Gasteiger partial charge in [-0.05, 0) is 65.4 Å². The van der Waals surface area contributed by atoms with Crippen LogP contribution in [0.4, 0.5) is 10.1 Å². The van der Waals surface area contributed by atoms with Crippen LogP contribution < -0.4 is 20.9 Å². The molecule has 9 heteroatoms. The molecule has 0 bridgehead atoms. The maximum atomic E-state index is 15.3. The minimum atomic E-state index is -0.526. The van der Waals surface area contributed by atoms with Crippen molar-refractivity contribution in [2.75, 3.05) is 25.6 Å². The van der Waals surface area contributed by atoms with Crippen molar-refractivity contribution in [3.05, 3.63) is 99.5 Å². The van der Waals surface area contributed by atoms with Crippen molar-refractivity contribution in [1.82, 2.24) is 14.9 Å². The molecule has 206 valence electrons. The molecular weight excluding hydrogens is 511 g/mol. The van der Waals surface area contributed by atoms with Gasteiger partial charge in [-0.3, -0.25) is 9.59 Å². The van der Waals surface area contributed by atoms with Gasteiger partial charge in [-0.1, -0.05) is 30.3 Å². The van der Waals surface area contributed by atoms with Gasteiger partial charge in [0.15, 0.2) is 0 Å². The first kappa shape index (κ1) is 27.2. The average Bonchev–Trinajstić information content (AvgIpc) is 2.91. The second kappa shape index (κ2) is 11.4. The van der Waals surface area contributed by atoms with Crippen LogP contribution in [0.25, 0.3) is 22.3 Å². The summed E-state index contributed by atoms with van der Waals surface area (Å²) in [6, 6.07) is 15.1. The standard InChI is InChI=1S/C31H31FN4O4/c1-18-22(20-11-27(32)25(29(12-20)39-4)14-34-21-15-40-16-21)7-5-8-23(18)24-9-6-10-28(19(24)2)35-30(37)26-13-33-17-36(3)31(26)38/h5-13,17,21,34H,14-16H2,1-4H3,(H,35,37). The van der Waals surface area contributed by atoms with Gasteiger partial charge in [0, 0.05) is 31.0 Å². The van der Waals surface area contributed by atoms with Crippen LogP contribution in [-0.2, 0) is 18.3 Å². The lowest BCUT2D eigenvalue weighted by atomic mass is 9.90. The number of aromatic nitrogens is 2. The number of benzene rings is 3. The molecule has 1 fully saturated rings. The molecule has 40 heavy (non-hydrogen) atoms. The molecule has 2 N–H and O–H groups in total. The second-order valence-corrected chi connectivity index (χ2v) is 9.89. The van der Waals surface area contributed by atoms with E-state index in [2.05, 4.69) is 15.6 Å². The molecule has 0 radical (unpaired) electrons. The third-order valence-corrected chi connectivity index (χ3v) is 7.34. The van der Waals surface area contributed by atoms with E-state index in [0.717, 1.165) is 27.8 Å². The van der Waals surface area contributed by atoms with Crippen LogP contribution in [0.1, 0.15) is 27.0 Å². The maximum Gasteiger partial charge on any atom is 0.265 e. The van der Waals surface area contributed by atoms with Gasteiger partial charge in [0.25, 0.3) is 11.5 Å². The summed E-state index contributed by atoms with van der Waals surface area (Å²) in [6.45, 7) is 5.51. The number of halogens is 1. The summed E-state index contributed by atoms with van der Waals surface area (Å²) in [5.41, 5.74) is 5.82. The molecule has 0 aliphatic carbocycles. The third-order valence-electron chi connectivity index (χ3n) is 7.34. The Morgan fingerprint density at radius 3 is 2.50 bits per heavy atom. The third kappa shape index (κ3) is 5.25. The van der Waals surface area contributed by atoms with Gasteiger partial charge in [0.05, 0.1) is 32.7 Å². The number of ether oxygens (including phenoxy) is 2. The molecule has 3 aromatic carbocycles. The number of carbonyl (C=O) groups is 1.